The second kappa shape index (κ2) is 10.6. The number of rotatable bonds is 7. The van der Waals surface area contributed by atoms with Crippen LogP contribution in [0.2, 0.25) is 0 Å². The highest BCUT2D eigenvalue weighted by atomic mass is 16.5. The van der Waals surface area contributed by atoms with Gasteiger partial charge in [-0.15, -0.1) is 0 Å². The highest BCUT2D eigenvalue weighted by Crippen LogP contribution is 2.27. The third-order valence-electron chi connectivity index (χ3n) is 3.66. The highest BCUT2D eigenvalue weighted by molar-refractivity contribution is 5.68. The molecule has 0 aromatic heterocycles. The van der Waals surface area contributed by atoms with Crippen LogP contribution >= 0.6 is 0 Å². The van der Waals surface area contributed by atoms with Crippen LogP contribution in [0.25, 0.3) is 11.1 Å². The summed E-state index contributed by atoms with van der Waals surface area (Å²) < 4.78 is 10.4. The largest absolute Gasteiger partial charge is 0.491 e. The van der Waals surface area contributed by atoms with Crippen molar-refractivity contribution in [2.45, 2.75) is 40.0 Å². The quantitative estimate of drug-likeness (QED) is 0.695. The molecule has 26 heavy (non-hydrogen) atoms. The minimum absolute atomic E-state index is 0.152. The first-order valence-electron chi connectivity index (χ1n) is 8.99. The van der Waals surface area contributed by atoms with Gasteiger partial charge in [-0.3, -0.25) is 0 Å². The SMILES string of the molecule is CC.CC(C)(C)c1ccc(-c2ccc(OCCOCC(=O)O)cc2)cc1. The molecule has 1 N–H and O–H groups in total. The molecule has 0 atom stereocenters. The van der Waals surface area contributed by atoms with Crippen LogP contribution in [0.4, 0.5) is 0 Å². The summed E-state index contributed by atoms with van der Waals surface area (Å²) in [5, 5.41) is 8.46. The summed E-state index contributed by atoms with van der Waals surface area (Å²) >= 11 is 0. The Kier molecular flexibility index (Phi) is 8.86. The molecule has 0 saturated carbocycles. The molecule has 0 unspecified atom stereocenters. The third-order valence-corrected chi connectivity index (χ3v) is 3.66. The maximum absolute atomic E-state index is 10.3. The van der Waals surface area contributed by atoms with Crippen LogP contribution in [0.5, 0.6) is 5.75 Å². The summed E-state index contributed by atoms with van der Waals surface area (Å²) in [6.07, 6.45) is 0. The van der Waals surface area contributed by atoms with Crippen molar-refractivity contribution in [3.05, 3.63) is 54.1 Å². The molecule has 0 heterocycles. The molecular formula is C22H30O4. The molecule has 0 radical (unpaired) electrons. The van der Waals surface area contributed by atoms with Crippen molar-refractivity contribution in [2.75, 3.05) is 19.8 Å². The fourth-order valence-electron chi connectivity index (χ4n) is 2.28. The normalized spacial score (nSPS) is 10.7. The monoisotopic (exact) mass is 358 g/mol. The predicted octanol–water partition coefficient (Wildman–Crippen LogP) is 5.16. The molecular weight excluding hydrogens is 328 g/mol. The van der Waals surface area contributed by atoms with Crippen molar-refractivity contribution in [1.29, 1.82) is 0 Å². The molecule has 4 heteroatoms. The van der Waals surface area contributed by atoms with E-state index in [0.717, 1.165) is 11.3 Å². The summed E-state index contributed by atoms with van der Waals surface area (Å²) in [6, 6.07) is 16.4. The second-order valence-electron chi connectivity index (χ2n) is 6.65. The van der Waals surface area contributed by atoms with Gasteiger partial charge in [0.1, 0.15) is 19.0 Å². The minimum Gasteiger partial charge on any atom is -0.491 e. The summed E-state index contributed by atoms with van der Waals surface area (Å²) in [4.78, 5) is 10.3. The molecule has 4 nitrogen and oxygen atoms in total. The zero-order chi connectivity index (χ0) is 19.6. The Labute approximate surface area is 156 Å². The van der Waals surface area contributed by atoms with Gasteiger partial charge >= 0.3 is 5.97 Å². The van der Waals surface area contributed by atoms with Gasteiger partial charge in [0.2, 0.25) is 0 Å². The van der Waals surface area contributed by atoms with Gasteiger partial charge < -0.3 is 14.6 Å². The predicted molar refractivity (Wildman–Crippen MR) is 106 cm³/mol. The van der Waals surface area contributed by atoms with Crippen LogP contribution < -0.4 is 4.74 Å². The molecule has 0 amide bonds. The van der Waals surface area contributed by atoms with Gasteiger partial charge in [-0.05, 0) is 34.2 Å². The molecule has 0 bridgehead atoms. The van der Waals surface area contributed by atoms with Gasteiger partial charge in [0.05, 0.1) is 6.61 Å². The Bertz CT molecular complexity index is 652. The average molecular weight is 358 g/mol. The Morgan fingerprint density at radius 2 is 1.38 bits per heavy atom. The van der Waals surface area contributed by atoms with E-state index in [1.165, 1.54) is 11.1 Å². The van der Waals surface area contributed by atoms with Gasteiger partial charge in [-0.1, -0.05) is 71.0 Å². The fourth-order valence-corrected chi connectivity index (χ4v) is 2.28. The molecule has 142 valence electrons. The van der Waals surface area contributed by atoms with Crippen LogP contribution in [0.15, 0.2) is 48.5 Å². The molecule has 2 rings (SSSR count). The van der Waals surface area contributed by atoms with Crippen LogP contribution in [0, 0.1) is 0 Å². The van der Waals surface area contributed by atoms with Crippen molar-refractivity contribution in [3.63, 3.8) is 0 Å². The Hall–Kier alpha value is -2.33. The Morgan fingerprint density at radius 3 is 1.85 bits per heavy atom. The van der Waals surface area contributed by atoms with Crippen LogP contribution in [-0.4, -0.2) is 30.9 Å². The van der Waals surface area contributed by atoms with Crippen molar-refractivity contribution >= 4 is 5.97 Å². The highest BCUT2D eigenvalue weighted by Gasteiger charge is 2.13. The minimum atomic E-state index is -0.975. The number of benzene rings is 2. The lowest BCUT2D eigenvalue weighted by atomic mass is 9.86. The van der Waals surface area contributed by atoms with Crippen LogP contribution in [-0.2, 0) is 14.9 Å². The number of hydrogen-bond donors (Lipinski definition) is 1. The Morgan fingerprint density at radius 1 is 0.885 bits per heavy atom. The standard InChI is InChI=1S/C20H24O4.C2H6/c1-20(2,3)17-8-4-15(5-9-17)16-6-10-18(11-7-16)24-13-12-23-14-19(21)22;1-2/h4-11H,12-14H2,1-3H3,(H,21,22);1-2H3. The van der Waals surface area contributed by atoms with Gasteiger partial charge in [0.15, 0.2) is 0 Å². The van der Waals surface area contributed by atoms with E-state index in [4.69, 9.17) is 14.6 Å². The molecule has 0 saturated heterocycles. The molecule has 0 aliphatic rings. The smallest absolute Gasteiger partial charge is 0.329 e. The number of hydrogen-bond acceptors (Lipinski definition) is 3. The second-order valence-corrected chi connectivity index (χ2v) is 6.65. The van der Waals surface area contributed by atoms with Gasteiger partial charge in [-0.2, -0.15) is 0 Å². The maximum atomic E-state index is 10.3. The van der Waals surface area contributed by atoms with E-state index in [2.05, 4.69) is 45.0 Å². The first kappa shape index (κ1) is 21.7. The van der Waals surface area contributed by atoms with E-state index in [1.807, 2.05) is 38.1 Å². The lowest BCUT2D eigenvalue weighted by molar-refractivity contribution is -0.142. The first-order chi connectivity index (χ1) is 12.4. The summed E-state index contributed by atoms with van der Waals surface area (Å²) in [5.74, 6) is -0.235. The molecule has 0 aliphatic heterocycles. The molecule has 0 aliphatic carbocycles. The lowest BCUT2D eigenvalue weighted by Gasteiger charge is -2.19. The molecule has 2 aromatic carbocycles. The summed E-state index contributed by atoms with van der Waals surface area (Å²) in [7, 11) is 0. The van der Waals surface area contributed by atoms with E-state index in [0.29, 0.717) is 6.61 Å². The topological polar surface area (TPSA) is 55.8 Å². The number of ether oxygens (including phenoxy) is 2. The van der Waals surface area contributed by atoms with E-state index < -0.39 is 5.97 Å². The number of aliphatic carboxylic acids is 1. The van der Waals surface area contributed by atoms with Gasteiger partial charge in [0, 0.05) is 0 Å². The third kappa shape index (κ3) is 7.28. The summed E-state index contributed by atoms with van der Waals surface area (Å²) in [6.45, 7) is 10.9. The first-order valence-corrected chi connectivity index (χ1v) is 8.99. The van der Waals surface area contributed by atoms with Crippen molar-refractivity contribution < 1.29 is 19.4 Å². The van der Waals surface area contributed by atoms with Crippen molar-refractivity contribution in [2.24, 2.45) is 0 Å². The van der Waals surface area contributed by atoms with Gasteiger partial charge in [-0.25, -0.2) is 4.79 Å². The van der Waals surface area contributed by atoms with Crippen molar-refractivity contribution in [3.8, 4) is 16.9 Å². The number of carbonyl (C=O) groups is 1. The molecule has 2 aromatic rings. The fraction of sp³-hybridized carbons (Fsp3) is 0.409. The number of carboxylic acid groups (broad SMARTS) is 1. The van der Waals surface area contributed by atoms with Crippen LogP contribution in [0.3, 0.4) is 0 Å². The van der Waals surface area contributed by atoms with E-state index in [1.54, 1.807) is 0 Å². The maximum Gasteiger partial charge on any atom is 0.329 e. The van der Waals surface area contributed by atoms with Crippen molar-refractivity contribution in [1.82, 2.24) is 0 Å². The van der Waals surface area contributed by atoms with Crippen LogP contribution in [0.1, 0.15) is 40.2 Å². The molecule has 0 spiro atoms. The summed E-state index contributed by atoms with van der Waals surface area (Å²) in [5.41, 5.74) is 3.76. The lowest BCUT2D eigenvalue weighted by Crippen LogP contribution is -2.12. The van der Waals surface area contributed by atoms with E-state index in [9.17, 15) is 4.79 Å². The van der Waals surface area contributed by atoms with E-state index >= 15 is 0 Å². The zero-order valence-corrected chi connectivity index (χ0v) is 16.4. The average Bonchev–Trinajstić information content (AvgIpc) is 2.63. The molecule has 0 fully saturated rings. The zero-order valence-electron chi connectivity index (χ0n) is 16.4. The van der Waals surface area contributed by atoms with E-state index in [-0.39, 0.29) is 18.6 Å². The Balaban J connectivity index is 0.00000163. The number of carboxylic acids is 1. The van der Waals surface area contributed by atoms with Gasteiger partial charge in [0.25, 0.3) is 0 Å².